The Morgan fingerprint density at radius 3 is 2.47 bits per heavy atom. The third-order valence-electron chi connectivity index (χ3n) is 2.96. The first-order chi connectivity index (χ1) is 8.03. The zero-order chi connectivity index (χ0) is 12.3. The molecule has 0 radical (unpaired) electrons. The van der Waals surface area contributed by atoms with Crippen LogP contribution in [0.25, 0.3) is 0 Å². The van der Waals surface area contributed by atoms with Crippen LogP contribution >= 0.6 is 10.7 Å². The predicted octanol–water partition coefficient (Wildman–Crippen LogP) is 2.55. The number of ether oxygens (including phenoxy) is 1. The van der Waals surface area contributed by atoms with E-state index in [2.05, 4.69) is 0 Å². The SMILES string of the molecule is O=S(=O)(Cl)CC1CC(OCc2ccccc2)C1. The first-order valence-corrected chi connectivity index (χ1v) is 8.08. The molecule has 0 N–H and O–H groups in total. The summed E-state index contributed by atoms with van der Waals surface area (Å²) in [6.45, 7) is 0.589. The Morgan fingerprint density at radius 1 is 1.24 bits per heavy atom. The Hall–Kier alpha value is -0.580. The molecule has 0 spiro atoms. The summed E-state index contributed by atoms with van der Waals surface area (Å²) in [6.07, 6.45) is 1.76. The Balaban J connectivity index is 1.68. The quantitative estimate of drug-likeness (QED) is 0.775. The number of benzene rings is 1. The van der Waals surface area contributed by atoms with E-state index in [0.29, 0.717) is 6.61 Å². The van der Waals surface area contributed by atoms with E-state index in [-0.39, 0.29) is 17.8 Å². The lowest BCUT2D eigenvalue weighted by atomic mass is 9.84. The van der Waals surface area contributed by atoms with Crippen molar-refractivity contribution in [3.8, 4) is 0 Å². The van der Waals surface area contributed by atoms with E-state index >= 15 is 0 Å². The van der Waals surface area contributed by atoms with Crippen LogP contribution in [0.1, 0.15) is 18.4 Å². The molecule has 1 aliphatic carbocycles. The predicted molar refractivity (Wildman–Crippen MR) is 67.4 cm³/mol. The molecule has 0 unspecified atom stereocenters. The maximum atomic E-state index is 10.8. The van der Waals surface area contributed by atoms with Crippen LogP contribution in [0.5, 0.6) is 0 Å². The normalized spacial score (nSPS) is 24.3. The van der Waals surface area contributed by atoms with E-state index in [1.165, 1.54) is 0 Å². The molecule has 3 nitrogen and oxygen atoms in total. The van der Waals surface area contributed by atoms with Crippen molar-refractivity contribution in [3.63, 3.8) is 0 Å². The van der Waals surface area contributed by atoms with Gasteiger partial charge in [-0.3, -0.25) is 0 Å². The minimum absolute atomic E-state index is 0.0692. The maximum absolute atomic E-state index is 10.8. The molecule has 0 heterocycles. The zero-order valence-corrected chi connectivity index (χ0v) is 11.0. The number of hydrogen-bond donors (Lipinski definition) is 0. The van der Waals surface area contributed by atoms with Crippen molar-refractivity contribution in [1.29, 1.82) is 0 Å². The van der Waals surface area contributed by atoms with Gasteiger partial charge in [0.25, 0.3) is 0 Å². The monoisotopic (exact) mass is 274 g/mol. The molecule has 0 amide bonds. The van der Waals surface area contributed by atoms with Crippen LogP contribution in [0, 0.1) is 5.92 Å². The highest BCUT2D eigenvalue weighted by Gasteiger charge is 2.32. The molecule has 1 saturated carbocycles. The summed E-state index contributed by atoms with van der Waals surface area (Å²) in [6, 6.07) is 9.94. The van der Waals surface area contributed by atoms with Crippen LogP contribution in [-0.2, 0) is 20.4 Å². The largest absolute Gasteiger partial charge is 0.374 e. The molecule has 1 aliphatic rings. The van der Waals surface area contributed by atoms with Crippen LogP contribution in [0.15, 0.2) is 30.3 Å². The van der Waals surface area contributed by atoms with Gasteiger partial charge in [-0.15, -0.1) is 0 Å². The summed E-state index contributed by atoms with van der Waals surface area (Å²) in [7, 11) is 1.83. The number of halogens is 1. The molecule has 1 aromatic carbocycles. The van der Waals surface area contributed by atoms with Gasteiger partial charge in [-0.05, 0) is 24.3 Å². The fourth-order valence-electron chi connectivity index (χ4n) is 2.02. The smallest absolute Gasteiger partial charge is 0.232 e. The summed E-state index contributed by atoms with van der Waals surface area (Å²) in [5, 5.41) is 0. The second-order valence-corrected chi connectivity index (χ2v) is 7.28. The Bertz CT molecular complexity index is 452. The number of hydrogen-bond acceptors (Lipinski definition) is 3. The lowest BCUT2D eigenvalue weighted by molar-refractivity contribution is -0.0342. The Morgan fingerprint density at radius 2 is 1.88 bits per heavy atom. The van der Waals surface area contributed by atoms with Crippen LogP contribution in [0.4, 0.5) is 0 Å². The van der Waals surface area contributed by atoms with Gasteiger partial charge in [0.15, 0.2) is 0 Å². The molecule has 0 bridgehead atoms. The maximum Gasteiger partial charge on any atom is 0.232 e. The van der Waals surface area contributed by atoms with Crippen molar-refractivity contribution in [3.05, 3.63) is 35.9 Å². The van der Waals surface area contributed by atoms with Gasteiger partial charge < -0.3 is 4.74 Å². The molecule has 1 aromatic rings. The van der Waals surface area contributed by atoms with Crippen molar-refractivity contribution >= 4 is 19.7 Å². The molecular weight excluding hydrogens is 260 g/mol. The Kier molecular flexibility index (Phi) is 4.07. The lowest BCUT2D eigenvalue weighted by Crippen LogP contribution is -2.34. The highest BCUT2D eigenvalue weighted by atomic mass is 35.7. The molecule has 0 atom stereocenters. The fraction of sp³-hybridized carbons (Fsp3) is 0.500. The average Bonchev–Trinajstić information content (AvgIpc) is 2.21. The lowest BCUT2D eigenvalue weighted by Gasteiger charge is -2.34. The van der Waals surface area contributed by atoms with Crippen molar-refractivity contribution in [2.45, 2.75) is 25.6 Å². The molecule has 0 aliphatic heterocycles. The summed E-state index contributed by atoms with van der Waals surface area (Å²) < 4.78 is 27.4. The molecule has 0 aromatic heterocycles. The minimum Gasteiger partial charge on any atom is -0.374 e. The van der Waals surface area contributed by atoms with E-state index in [0.717, 1.165) is 18.4 Å². The Labute approximate surface area is 106 Å². The molecule has 5 heteroatoms. The van der Waals surface area contributed by atoms with Crippen LogP contribution < -0.4 is 0 Å². The molecule has 0 saturated heterocycles. The van der Waals surface area contributed by atoms with Gasteiger partial charge in [0.1, 0.15) is 0 Å². The van der Waals surface area contributed by atoms with E-state index in [1.807, 2.05) is 30.3 Å². The van der Waals surface area contributed by atoms with E-state index in [9.17, 15) is 8.42 Å². The summed E-state index contributed by atoms with van der Waals surface area (Å²) in [5.74, 6) is 0.234. The molecular formula is C12H15ClO3S. The average molecular weight is 275 g/mol. The molecule has 1 fully saturated rings. The van der Waals surface area contributed by atoms with Gasteiger partial charge in [0.2, 0.25) is 9.05 Å². The highest BCUT2D eigenvalue weighted by molar-refractivity contribution is 8.13. The summed E-state index contributed by atoms with van der Waals surface area (Å²) in [5.41, 5.74) is 1.14. The van der Waals surface area contributed by atoms with Crippen LogP contribution in [-0.4, -0.2) is 20.3 Å². The minimum atomic E-state index is -3.36. The second kappa shape index (κ2) is 5.38. The van der Waals surface area contributed by atoms with Crippen molar-refractivity contribution in [2.24, 2.45) is 5.92 Å². The van der Waals surface area contributed by atoms with Crippen LogP contribution in [0.3, 0.4) is 0 Å². The third kappa shape index (κ3) is 4.30. The van der Waals surface area contributed by atoms with Gasteiger partial charge >= 0.3 is 0 Å². The van der Waals surface area contributed by atoms with E-state index in [4.69, 9.17) is 15.4 Å². The topological polar surface area (TPSA) is 43.4 Å². The molecule has 94 valence electrons. The van der Waals surface area contributed by atoms with Gasteiger partial charge in [0.05, 0.1) is 18.5 Å². The number of rotatable bonds is 5. The zero-order valence-electron chi connectivity index (χ0n) is 9.38. The molecule has 17 heavy (non-hydrogen) atoms. The van der Waals surface area contributed by atoms with Crippen molar-refractivity contribution in [2.75, 3.05) is 5.75 Å². The van der Waals surface area contributed by atoms with Gasteiger partial charge in [-0.25, -0.2) is 8.42 Å². The fourth-order valence-corrected chi connectivity index (χ4v) is 3.39. The van der Waals surface area contributed by atoms with Crippen molar-refractivity contribution < 1.29 is 13.2 Å². The second-order valence-electron chi connectivity index (χ2n) is 4.46. The van der Waals surface area contributed by atoms with Gasteiger partial charge in [-0.2, -0.15) is 0 Å². The molecule has 2 rings (SSSR count). The first-order valence-electron chi connectivity index (χ1n) is 5.61. The standard InChI is InChI=1S/C12H15ClO3S/c13-17(14,15)9-11-6-12(7-11)16-8-10-4-2-1-3-5-10/h1-5,11-12H,6-9H2. The first kappa shape index (κ1) is 12.9. The van der Waals surface area contributed by atoms with Crippen LogP contribution in [0.2, 0.25) is 0 Å². The highest BCUT2D eigenvalue weighted by Crippen LogP contribution is 2.32. The van der Waals surface area contributed by atoms with E-state index < -0.39 is 9.05 Å². The summed E-state index contributed by atoms with van der Waals surface area (Å²) in [4.78, 5) is 0. The van der Waals surface area contributed by atoms with Gasteiger partial charge in [-0.1, -0.05) is 30.3 Å². The third-order valence-corrected chi connectivity index (χ3v) is 4.20. The van der Waals surface area contributed by atoms with Crippen molar-refractivity contribution in [1.82, 2.24) is 0 Å². The van der Waals surface area contributed by atoms with E-state index in [1.54, 1.807) is 0 Å². The summed E-state index contributed by atoms with van der Waals surface area (Å²) >= 11 is 0. The van der Waals surface area contributed by atoms with Gasteiger partial charge in [0, 0.05) is 10.7 Å².